The molecule has 0 aliphatic carbocycles. The molecule has 8 heteroatoms. The summed E-state index contributed by atoms with van der Waals surface area (Å²) in [6.45, 7) is 4.40. The minimum atomic E-state index is -0.344. The molecule has 1 aromatic heterocycles. The summed E-state index contributed by atoms with van der Waals surface area (Å²) in [6, 6.07) is 9.71. The van der Waals surface area contributed by atoms with Crippen LogP contribution in [0.25, 0.3) is 11.3 Å². The molecule has 0 bridgehead atoms. The van der Waals surface area contributed by atoms with Gasteiger partial charge in [0.2, 0.25) is 11.8 Å². The summed E-state index contributed by atoms with van der Waals surface area (Å²) >= 11 is 1.34. The van der Waals surface area contributed by atoms with Gasteiger partial charge in [-0.1, -0.05) is 44.2 Å². The number of esters is 1. The van der Waals surface area contributed by atoms with Gasteiger partial charge in [-0.25, -0.2) is 4.98 Å². The van der Waals surface area contributed by atoms with Gasteiger partial charge in [0, 0.05) is 30.3 Å². The van der Waals surface area contributed by atoms with Crippen LogP contribution in [0.5, 0.6) is 0 Å². The molecule has 2 rings (SSSR count). The van der Waals surface area contributed by atoms with Crippen LogP contribution >= 0.6 is 11.3 Å². The number of benzene rings is 1. The van der Waals surface area contributed by atoms with Gasteiger partial charge in [-0.3, -0.25) is 14.4 Å². The highest BCUT2D eigenvalue weighted by molar-refractivity contribution is 7.14. The average molecular weight is 418 g/mol. The second-order valence-corrected chi connectivity index (χ2v) is 7.91. The molecular formula is C21H27N3O4S. The highest BCUT2D eigenvalue weighted by Gasteiger charge is 2.19. The number of amides is 2. The molecule has 0 saturated carbocycles. The van der Waals surface area contributed by atoms with Gasteiger partial charge in [0.05, 0.1) is 19.3 Å². The Morgan fingerprint density at radius 1 is 1.17 bits per heavy atom. The Bertz CT molecular complexity index is 820. The second kappa shape index (κ2) is 11.3. The van der Waals surface area contributed by atoms with Gasteiger partial charge in [0.1, 0.15) is 0 Å². The molecule has 0 spiro atoms. The first-order valence-corrected chi connectivity index (χ1v) is 10.4. The van der Waals surface area contributed by atoms with E-state index in [4.69, 9.17) is 0 Å². The molecule has 2 aromatic rings. The van der Waals surface area contributed by atoms with Gasteiger partial charge in [-0.15, -0.1) is 11.3 Å². The van der Waals surface area contributed by atoms with E-state index < -0.39 is 0 Å². The van der Waals surface area contributed by atoms with Crippen molar-refractivity contribution in [2.24, 2.45) is 5.92 Å². The average Bonchev–Trinajstić information content (AvgIpc) is 3.15. The van der Waals surface area contributed by atoms with Crippen molar-refractivity contribution in [2.45, 2.75) is 33.1 Å². The van der Waals surface area contributed by atoms with Crippen LogP contribution in [0.4, 0.5) is 5.13 Å². The third-order valence-electron chi connectivity index (χ3n) is 4.09. The van der Waals surface area contributed by atoms with Crippen molar-refractivity contribution in [1.82, 2.24) is 9.88 Å². The van der Waals surface area contributed by atoms with Crippen molar-refractivity contribution in [1.29, 1.82) is 0 Å². The van der Waals surface area contributed by atoms with E-state index in [9.17, 15) is 14.4 Å². The summed E-state index contributed by atoms with van der Waals surface area (Å²) in [5, 5.41) is 5.16. The van der Waals surface area contributed by atoms with E-state index in [-0.39, 0.29) is 43.1 Å². The van der Waals surface area contributed by atoms with E-state index in [1.807, 2.05) is 49.6 Å². The number of carbonyl (C=O) groups excluding carboxylic acids is 3. The first kappa shape index (κ1) is 22.5. The van der Waals surface area contributed by atoms with E-state index in [2.05, 4.69) is 15.0 Å². The van der Waals surface area contributed by atoms with Gasteiger partial charge in [-0.05, 0) is 12.3 Å². The maximum atomic E-state index is 12.5. The minimum Gasteiger partial charge on any atom is -0.469 e. The number of nitrogens with one attached hydrogen (secondary N) is 1. The molecular weight excluding hydrogens is 390 g/mol. The predicted molar refractivity (Wildman–Crippen MR) is 113 cm³/mol. The molecule has 0 radical (unpaired) electrons. The number of anilines is 1. The predicted octanol–water partition coefficient (Wildman–Crippen LogP) is 3.58. The third-order valence-corrected chi connectivity index (χ3v) is 4.85. The van der Waals surface area contributed by atoms with Gasteiger partial charge in [0.15, 0.2) is 5.13 Å². The lowest BCUT2D eigenvalue weighted by Gasteiger charge is -2.24. The fourth-order valence-electron chi connectivity index (χ4n) is 2.74. The Morgan fingerprint density at radius 2 is 1.90 bits per heavy atom. The quantitative estimate of drug-likeness (QED) is 0.597. The molecule has 1 aromatic carbocycles. The number of nitrogens with zero attached hydrogens (tertiary/aromatic N) is 2. The van der Waals surface area contributed by atoms with Gasteiger partial charge in [0.25, 0.3) is 0 Å². The SMILES string of the molecule is COC(=O)CCCC(=O)N(CC(=O)Nc1nc(-c2ccccc2)cs1)CC(C)C. The zero-order valence-electron chi connectivity index (χ0n) is 17.0. The summed E-state index contributed by atoms with van der Waals surface area (Å²) in [5.74, 6) is -0.566. The molecule has 156 valence electrons. The van der Waals surface area contributed by atoms with Crippen molar-refractivity contribution in [3.63, 3.8) is 0 Å². The Labute approximate surface area is 175 Å². The molecule has 2 amide bonds. The largest absolute Gasteiger partial charge is 0.469 e. The number of hydrogen-bond acceptors (Lipinski definition) is 6. The van der Waals surface area contributed by atoms with Crippen LogP contribution in [-0.2, 0) is 19.1 Å². The van der Waals surface area contributed by atoms with Gasteiger partial charge >= 0.3 is 5.97 Å². The summed E-state index contributed by atoms with van der Waals surface area (Å²) in [6.07, 6.45) is 0.782. The number of ether oxygens (including phenoxy) is 1. The number of carbonyl (C=O) groups is 3. The standard InChI is InChI=1S/C21H27N3O4S/c1-15(2)12-24(19(26)10-7-11-20(27)28-3)13-18(25)23-21-22-17(14-29-21)16-8-5-4-6-9-16/h4-6,8-9,14-15H,7,10-13H2,1-3H3,(H,22,23,25). The van der Waals surface area contributed by atoms with Crippen LogP contribution < -0.4 is 5.32 Å². The maximum Gasteiger partial charge on any atom is 0.305 e. The molecule has 1 N–H and O–H groups in total. The van der Waals surface area contributed by atoms with E-state index in [0.29, 0.717) is 18.1 Å². The highest BCUT2D eigenvalue weighted by atomic mass is 32.1. The number of hydrogen-bond donors (Lipinski definition) is 1. The highest BCUT2D eigenvalue weighted by Crippen LogP contribution is 2.24. The number of aromatic nitrogens is 1. The minimum absolute atomic E-state index is 0.0461. The molecule has 0 aliphatic heterocycles. The lowest BCUT2D eigenvalue weighted by molar-refractivity contribution is -0.141. The summed E-state index contributed by atoms with van der Waals surface area (Å²) in [4.78, 5) is 42.2. The molecule has 7 nitrogen and oxygen atoms in total. The molecule has 0 fully saturated rings. The first-order chi connectivity index (χ1) is 13.9. The summed E-state index contributed by atoms with van der Waals surface area (Å²) < 4.78 is 4.59. The summed E-state index contributed by atoms with van der Waals surface area (Å²) in [7, 11) is 1.32. The van der Waals surface area contributed by atoms with Crippen molar-refractivity contribution in [3.05, 3.63) is 35.7 Å². The third kappa shape index (κ3) is 7.65. The van der Waals surface area contributed by atoms with E-state index >= 15 is 0 Å². The van der Waals surface area contributed by atoms with Crippen LogP contribution in [0.15, 0.2) is 35.7 Å². The van der Waals surface area contributed by atoms with Crippen LogP contribution in [0.1, 0.15) is 33.1 Å². The summed E-state index contributed by atoms with van der Waals surface area (Å²) in [5.41, 5.74) is 1.77. The second-order valence-electron chi connectivity index (χ2n) is 7.05. The van der Waals surface area contributed by atoms with Crippen molar-refractivity contribution in [3.8, 4) is 11.3 Å². The Hall–Kier alpha value is -2.74. The molecule has 0 saturated heterocycles. The van der Waals surface area contributed by atoms with Crippen molar-refractivity contribution < 1.29 is 19.1 Å². The smallest absolute Gasteiger partial charge is 0.305 e. The Balaban J connectivity index is 1.93. The zero-order chi connectivity index (χ0) is 21.2. The van der Waals surface area contributed by atoms with E-state index in [1.165, 1.54) is 23.3 Å². The Morgan fingerprint density at radius 3 is 2.55 bits per heavy atom. The van der Waals surface area contributed by atoms with E-state index in [1.54, 1.807) is 0 Å². The van der Waals surface area contributed by atoms with Gasteiger partial charge < -0.3 is 15.0 Å². The molecule has 1 heterocycles. The number of rotatable bonds is 10. The molecule has 0 atom stereocenters. The topological polar surface area (TPSA) is 88.6 Å². The fourth-order valence-corrected chi connectivity index (χ4v) is 3.48. The van der Waals surface area contributed by atoms with Crippen LogP contribution in [-0.4, -0.2) is 47.9 Å². The maximum absolute atomic E-state index is 12.5. The van der Waals surface area contributed by atoms with Gasteiger partial charge in [-0.2, -0.15) is 0 Å². The zero-order valence-corrected chi connectivity index (χ0v) is 17.8. The monoisotopic (exact) mass is 417 g/mol. The van der Waals surface area contributed by atoms with Crippen LogP contribution in [0, 0.1) is 5.92 Å². The van der Waals surface area contributed by atoms with Crippen LogP contribution in [0.2, 0.25) is 0 Å². The van der Waals surface area contributed by atoms with Crippen LogP contribution in [0.3, 0.4) is 0 Å². The number of thiazole rings is 1. The fraction of sp³-hybridized carbons (Fsp3) is 0.429. The van der Waals surface area contributed by atoms with E-state index in [0.717, 1.165) is 11.3 Å². The molecule has 0 unspecified atom stereocenters. The molecule has 0 aliphatic rings. The molecule has 29 heavy (non-hydrogen) atoms. The lowest BCUT2D eigenvalue weighted by Crippen LogP contribution is -2.40. The normalized spacial score (nSPS) is 10.6. The number of methoxy groups -OCH3 is 1. The lowest BCUT2D eigenvalue weighted by atomic mass is 10.1. The van der Waals surface area contributed by atoms with Crippen molar-refractivity contribution >= 4 is 34.3 Å². The van der Waals surface area contributed by atoms with Crippen molar-refractivity contribution in [2.75, 3.05) is 25.5 Å². The first-order valence-electron chi connectivity index (χ1n) is 9.54. The Kier molecular flexibility index (Phi) is 8.79.